The fourth-order valence-electron chi connectivity index (χ4n) is 8.72. The van der Waals surface area contributed by atoms with Gasteiger partial charge in [-0.25, -0.2) is 4.79 Å². The molecule has 2 amide bonds. The van der Waals surface area contributed by atoms with E-state index in [1.165, 1.54) is 40.8 Å². The molecule has 0 saturated carbocycles. The van der Waals surface area contributed by atoms with Crippen LogP contribution in [0, 0.1) is 0 Å². The molecule has 0 aliphatic carbocycles. The minimum absolute atomic E-state index is 0.0118. The fraction of sp³-hybridized carbons (Fsp3) is 0.574. The highest BCUT2D eigenvalue weighted by atomic mass is 28.4. The first kappa shape index (κ1) is 46.6. The van der Waals surface area contributed by atoms with E-state index >= 15 is 0 Å². The number of carbonyl (C=O) groups excluding carboxylic acids is 3. The van der Waals surface area contributed by atoms with Crippen molar-refractivity contribution < 1.29 is 32.6 Å². The Bertz CT molecular complexity index is 1870. The Hall–Kier alpha value is -4.06. The molecule has 4 rings (SSSR count). The molecule has 0 bridgehead atoms. The maximum Gasteiger partial charge on any atom is 0.343 e. The zero-order valence-electron chi connectivity index (χ0n) is 37.7. The minimum atomic E-state index is -2.88. The molecule has 2 aliphatic rings. The first-order chi connectivity index (χ1) is 27.2. The van der Waals surface area contributed by atoms with Crippen molar-refractivity contribution in [3.05, 3.63) is 83.6 Å². The van der Waals surface area contributed by atoms with Crippen molar-refractivity contribution in [1.29, 1.82) is 0 Å². The van der Waals surface area contributed by atoms with Gasteiger partial charge in [-0.05, 0) is 76.2 Å². The predicted molar refractivity (Wildman–Crippen MR) is 237 cm³/mol. The lowest BCUT2D eigenvalue weighted by Gasteiger charge is -2.43. The highest BCUT2D eigenvalue weighted by Crippen LogP contribution is 2.48. The number of hydrogen-bond donors (Lipinski definition) is 1. The third-order valence-corrected chi connectivity index (χ3v) is 16.5. The summed E-state index contributed by atoms with van der Waals surface area (Å²) in [6.45, 7) is 26.2. The van der Waals surface area contributed by atoms with Gasteiger partial charge in [-0.2, -0.15) is 9.64 Å². The summed E-state index contributed by atoms with van der Waals surface area (Å²) in [5.74, 6) is -0.858. The number of nitrogens with zero attached hydrogens (tertiary/aromatic N) is 3. The quantitative estimate of drug-likeness (QED) is 0.0653. The van der Waals surface area contributed by atoms with E-state index in [0.29, 0.717) is 19.6 Å². The number of hydrogen-bond acceptors (Lipinski definition) is 7. The van der Waals surface area contributed by atoms with Crippen LogP contribution in [-0.4, -0.2) is 80.6 Å². The van der Waals surface area contributed by atoms with E-state index in [0.717, 1.165) is 30.9 Å². The molecule has 0 fully saturated rings. The van der Waals surface area contributed by atoms with Gasteiger partial charge in [0.15, 0.2) is 5.71 Å². The summed E-state index contributed by atoms with van der Waals surface area (Å²) >= 11 is 0. The number of anilines is 1. The molecule has 2 heterocycles. The summed E-state index contributed by atoms with van der Waals surface area (Å²) in [4.78, 5) is 45.2. The van der Waals surface area contributed by atoms with E-state index in [2.05, 4.69) is 144 Å². The molecule has 2 aromatic rings. The molecule has 0 aromatic heterocycles. The molecule has 1 N–H and O–H groups in total. The SMILES string of the molecule is CCN(OC(=O)CC(C)(C)O[Si](OCCNC(=O)CCCCCN1C(=CC=CC2=[N+](C)c3ccccc3C2(C)C)C(C)(C)c2ccccc21)(C(C)C)C(C)C)C(C)=O. The average Bonchev–Trinajstić information content (AvgIpc) is 3.48. The van der Waals surface area contributed by atoms with Crippen LogP contribution >= 0.6 is 0 Å². The van der Waals surface area contributed by atoms with Gasteiger partial charge in [0.25, 0.3) is 5.91 Å². The first-order valence-corrected chi connectivity index (χ1v) is 23.2. The molecule has 58 heavy (non-hydrogen) atoms. The van der Waals surface area contributed by atoms with Gasteiger partial charge in [-0.3, -0.25) is 9.59 Å². The zero-order chi connectivity index (χ0) is 43.1. The Morgan fingerprint density at radius 3 is 2.19 bits per heavy atom. The number of rotatable bonds is 19. The zero-order valence-corrected chi connectivity index (χ0v) is 38.7. The van der Waals surface area contributed by atoms with Crippen LogP contribution in [0.2, 0.25) is 11.1 Å². The Labute approximate surface area is 349 Å². The lowest BCUT2D eigenvalue weighted by Crippen LogP contribution is -2.54. The molecule has 2 aliphatic heterocycles. The Morgan fingerprint density at radius 2 is 1.57 bits per heavy atom. The second kappa shape index (κ2) is 19.3. The van der Waals surface area contributed by atoms with E-state index in [-0.39, 0.29) is 46.7 Å². The molecule has 318 valence electrons. The van der Waals surface area contributed by atoms with Gasteiger partial charge in [0, 0.05) is 60.9 Å². The first-order valence-electron chi connectivity index (χ1n) is 21.3. The van der Waals surface area contributed by atoms with Crippen molar-refractivity contribution in [3.63, 3.8) is 0 Å². The largest absolute Gasteiger partial charge is 0.392 e. The number of nitrogens with one attached hydrogen (secondary N) is 1. The second-order valence-electron chi connectivity index (χ2n) is 18.0. The predicted octanol–water partition coefficient (Wildman–Crippen LogP) is 9.40. The van der Waals surface area contributed by atoms with Gasteiger partial charge < -0.3 is 23.9 Å². The van der Waals surface area contributed by atoms with E-state index in [1.807, 2.05) is 13.8 Å². The van der Waals surface area contributed by atoms with Crippen molar-refractivity contribution >= 4 is 43.4 Å². The minimum Gasteiger partial charge on any atom is -0.392 e. The van der Waals surface area contributed by atoms with E-state index in [9.17, 15) is 14.4 Å². The molecule has 10 nitrogen and oxygen atoms in total. The fourth-order valence-corrected chi connectivity index (χ4v) is 12.6. The number of para-hydroxylation sites is 2. The van der Waals surface area contributed by atoms with Gasteiger partial charge in [0.05, 0.1) is 30.6 Å². The van der Waals surface area contributed by atoms with Gasteiger partial charge in [-0.15, -0.1) is 0 Å². The Kier molecular flexibility index (Phi) is 15.5. The van der Waals surface area contributed by atoms with Crippen molar-refractivity contribution in [2.45, 2.75) is 143 Å². The number of allylic oxidation sites excluding steroid dienone is 4. The molecule has 2 aromatic carbocycles. The standard InChI is InChI=1S/C47H70N4O6Si/c1-14-51(36(6)52)56-44(54)33-45(7,8)57-58(34(2)3,35(4)5)55-32-30-48-43(53)29-16-15-21-31-50-40-26-20-18-24-38(40)47(11,12)42(50)28-22-27-41-46(9,10)37-23-17-19-25-39(37)49(41)13/h17-20,22-28,34-35H,14-16,21,29-33H2,1-13H3/p+1. The summed E-state index contributed by atoms with van der Waals surface area (Å²) in [7, 11) is -0.724. The monoisotopic (exact) mass is 816 g/mol. The molecule has 0 atom stereocenters. The van der Waals surface area contributed by atoms with Gasteiger partial charge in [-0.1, -0.05) is 90.4 Å². The average molecular weight is 816 g/mol. The normalized spacial score (nSPS) is 16.7. The summed E-state index contributed by atoms with van der Waals surface area (Å²) in [5, 5.41) is 4.09. The van der Waals surface area contributed by atoms with Crippen LogP contribution in [0.5, 0.6) is 0 Å². The summed E-state index contributed by atoms with van der Waals surface area (Å²) in [5.41, 5.74) is 6.83. The number of fused-ring (bicyclic) bond motifs is 2. The number of carbonyl (C=O) groups is 3. The van der Waals surface area contributed by atoms with Crippen LogP contribution in [-0.2, 0) is 38.9 Å². The maximum absolute atomic E-state index is 12.9. The Balaban J connectivity index is 1.29. The molecule has 0 spiro atoms. The summed E-state index contributed by atoms with van der Waals surface area (Å²) in [6.07, 6.45) is 9.91. The number of amides is 2. The van der Waals surface area contributed by atoms with Gasteiger partial charge >= 0.3 is 14.5 Å². The lowest BCUT2D eigenvalue weighted by atomic mass is 9.81. The molecule has 0 saturated heterocycles. The van der Waals surface area contributed by atoms with E-state index in [4.69, 9.17) is 13.7 Å². The lowest BCUT2D eigenvalue weighted by molar-refractivity contribution is -0.401. The van der Waals surface area contributed by atoms with Crippen molar-refractivity contribution in [1.82, 2.24) is 10.4 Å². The molecule has 0 unspecified atom stereocenters. The third-order valence-electron chi connectivity index (χ3n) is 11.8. The van der Waals surface area contributed by atoms with Crippen LogP contribution in [0.1, 0.15) is 126 Å². The van der Waals surface area contributed by atoms with Crippen LogP contribution < -0.4 is 10.2 Å². The summed E-state index contributed by atoms with van der Waals surface area (Å²) < 4.78 is 15.6. The Morgan fingerprint density at radius 1 is 0.931 bits per heavy atom. The third kappa shape index (κ3) is 10.6. The number of benzene rings is 2. The molecule has 11 heteroatoms. The smallest absolute Gasteiger partial charge is 0.343 e. The number of hydroxylamine groups is 2. The maximum atomic E-state index is 12.9. The van der Waals surface area contributed by atoms with Crippen LogP contribution in [0.3, 0.4) is 0 Å². The number of unbranched alkanes of at least 4 members (excludes halogenated alkanes) is 2. The van der Waals surface area contributed by atoms with E-state index < -0.39 is 20.1 Å². The van der Waals surface area contributed by atoms with Crippen LogP contribution in [0.15, 0.2) is 72.5 Å². The molecule has 0 radical (unpaired) electrons. The van der Waals surface area contributed by atoms with Crippen molar-refractivity contribution in [2.24, 2.45) is 0 Å². The van der Waals surface area contributed by atoms with Crippen LogP contribution in [0.4, 0.5) is 11.4 Å². The summed E-state index contributed by atoms with van der Waals surface area (Å²) in [6, 6.07) is 17.4. The highest BCUT2D eigenvalue weighted by Gasteiger charge is 2.49. The molecular formula is C47H71N4O6Si+. The second-order valence-corrected chi connectivity index (χ2v) is 22.3. The topological polar surface area (TPSA) is 100 Å². The van der Waals surface area contributed by atoms with Gasteiger partial charge in [0.2, 0.25) is 11.6 Å². The van der Waals surface area contributed by atoms with E-state index in [1.54, 1.807) is 6.92 Å². The van der Waals surface area contributed by atoms with Crippen LogP contribution in [0.25, 0.3) is 0 Å². The molecular weight excluding hydrogens is 745 g/mol. The highest BCUT2D eigenvalue weighted by molar-refractivity contribution is 6.70. The van der Waals surface area contributed by atoms with Crippen molar-refractivity contribution in [3.8, 4) is 0 Å². The van der Waals surface area contributed by atoms with Crippen molar-refractivity contribution in [2.75, 3.05) is 38.2 Å². The van der Waals surface area contributed by atoms with Gasteiger partial charge in [0.1, 0.15) is 7.05 Å².